The van der Waals surface area contributed by atoms with E-state index >= 15 is 0 Å². The fourth-order valence-electron chi connectivity index (χ4n) is 6.69. The molecular formula is C28H41N3O2. The van der Waals surface area contributed by atoms with Gasteiger partial charge in [-0.2, -0.15) is 0 Å². The lowest BCUT2D eigenvalue weighted by Crippen LogP contribution is -2.58. The van der Waals surface area contributed by atoms with Crippen molar-refractivity contribution < 1.29 is 9.53 Å². The second-order valence-corrected chi connectivity index (χ2v) is 11.1. The number of fused-ring (bicyclic) bond motifs is 2. The highest BCUT2D eigenvalue weighted by Crippen LogP contribution is 2.35. The maximum atomic E-state index is 14.2. The standard InChI is InChI=1S/C28H41N3O2/c1-20(2)15-23-17-29-14-8-11-22(29)18-31(23)28(32)25-19-30(16-21-9-5-4-6-10-21)27-24(25)12-7-13-26(27)33-3/h7,12-13,19-23H,4-6,8-11,14-18H2,1-3H3/t22-,23-/m0/s1. The van der Waals surface area contributed by atoms with Gasteiger partial charge in [0.1, 0.15) is 5.75 Å². The summed E-state index contributed by atoms with van der Waals surface area (Å²) < 4.78 is 8.11. The molecule has 33 heavy (non-hydrogen) atoms. The number of nitrogens with zero attached hydrogens (tertiary/aromatic N) is 3. The predicted molar refractivity (Wildman–Crippen MR) is 134 cm³/mol. The van der Waals surface area contributed by atoms with Gasteiger partial charge in [-0.3, -0.25) is 9.69 Å². The van der Waals surface area contributed by atoms with Gasteiger partial charge in [-0.25, -0.2) is 0 Å². The average molecular weight is 452 g/mol. The molecule has 3 heterocycles. The Kier molecular flexibility index (Phi) is 6.69. The van der Waals surface area contributed by atoms with Crippen LogP contribution in [0.3, 0.4) is 0 Å². The van der Waals surface area contributed by atoms with Crippen LogP contribution in [0.25, 0.3) is 10.9 Å². The second-order valence-electron chi connectivity index (χ2n) is 11.1. The summed E-state index contributed by atoms with van der Waals surface area (Å²) >= 11 is 0. The monoisotopic (exact) mass is 451 g/mol. The minimum atomic E-state index is 0.216. The van der Waals surface area contributed by atoms with Crippen LogP contribution in [-0.4, -0.2) is 59.1 Å². The van der Waals surface area contributed by atoms with Gasteiger partial charge in [-0.15, -0.1) is 0 Å². The maximum absolute atomic E-state index is 14.2. The first kappa shape index (κ1) is 22.8. The third-order valence-electron chi connectivity index (χ3n) is 8.29. The molecule has 180 valence electrons. The van der Waals surface area contributed by atoms with Crippen LogP contribution in [-0.2, 0) is 6.54 Å². The number of amides is 1. The Morgan fingerprint density at radius 3 is 2.67 bits per heavy atom. The van der Waals surface area contributed by atoms with E-state index in [2.05, 4.69) is 40.5 Å². The summed E-state index contributed by atoms with van der Waals surface area (Å²) in [5.74, 6) is 2.37. The normalized spacial score (nSPS) is 24.5. The molecule has 1 aromatic carbocycles. The van der Waals surface area contributed by atoms with Crippen LogP contribution in [0.4, 0.5) is 0 Å². The number of para-hydroxylation sites is 1. The summed E-state index contributed by atoms with van der Waals surface area (Å²) in [6.45, 7) is 8.63. The Balaban J connectivity index is 1.50. The largest absolute Gasteiger partial charge is 0.495 e. The van der Waals surface area contributed by atoms with Crippen molar-refractivity contribution in [3.8, 4) is 5.75 Å². The Morgan fingerprint density at radius 1 is 1.09 bits per heavy atom. The molecule has 1 aromatic heterocycles. The van der Waals surface area contributed by atoms with Crippen LogP contribution in [0.5, 0.6) is 5.75 Å². The number of ether oxygens (including phenoxy) is 1. The van der Waals surface area contributed by atoms with Crippen LogP contribution in [0.2, 0.25) is 0 Å². The van der Waals surface area contributed by atoms with Crippen LogP contribution in [0.15, 0.2) is 24.4 Å². The number of carbonyl (C=O) groups excluding carboxylic acids is 1. The molecule has 2 aromatic rings. The molecule has 3 fully saturated rings. The number of carbonyl (C=O) groups is 1. The van der Waals surface area contributed by atoms with E-state index in [1.165, 1.54) is 51.5 Å². The van der Waals surface area contributed by atoms with Gasteiger partial charge in [-0.05, 0) is 56.6 Å². The van der Waals surface area contributed by atoms with Crippen molar-refractivity contribution in [2.24, 2.45) is 11.8 Å². The molecule has 1 aliphatic carbocycles. The number of hydrogen-bond donors (Lipinski definition) is 0. The van der Waals surface area contributed by atoms with Crippen molar-refractivity contribution in [3.63, 3.8) is 0 Å². The first-order valence-corrected chi connectivity index (χ1v) is 13.3. The molecule has 1 amide bonds. The third kappa shape index (κ3) is 4.53. The van der Waals surface area contributed by atoms with Crippen molar-refractivity contribution in [2.75, 3.05) is 26.7 Å². The zero-order valence-corrected chi connectivity index (χ0v) is 20.8. The highest BCUT2D eigenvalue weighted by molar-refractivity contribution is 6.08. The fourth-order valence-corrected chi connectivity index (χ4v) is 6.69. The van der Waals surface area contributed by atoms with E-state index in [1.807, 2.05) is 12.1 Å². The van der Waals surface area contributed by atoms with E-state index in [9.17, 15) is 4.79 Å². The van der Waals surface area contributed by atoms with Crippen LogP contribution in [0.1, 0.15) is 75.6 Å². The molecule has 3 aliphatic rings. The minimum Gasteiger partial charge on any atom is -0.495 e. The Bertz CT molecular complexity index is 975. The van der Waals surface area contributed by atoms with Gasteiger partial charge in [0.05, 0.1) is 18.2 Å². The molecule has 0 radical (unpaired) electrons. The lowest BCUT2D eigenvalue weighted by atomic mass is 9.89. The Morgan fingerprint density at radius 2 is 1.91 bits per heavy atom. The zero-order valence-electron chi connectivity index (χ0n) is 20.8. The highest BCUT2D eigenvalue weighted by atomic mass is 16.5. The Hall–Kier alpha value is -2.01. The van der Waals surface area contributed by atoms with E-state index in [1.54, 1.807) is 7.11 Å². The molecule has 2 atom stereocenters. The molecule has 0 unspecified atom stereocenters. The quantitative estimate of drug-likeness (QED) is 0.577. The summed E-state index contributed by atoms with van der Waals surface area (Å²) in [6, 6.07) is 7.01. The minimum absolute atomic E-state index is 0.216. The van der Waals surface area contributed by atoms with Crippen LogP contribution < -0.4 is 4.74 Å². The summed E-state index contributed by atoms with van der Waals surface area (Å²) in [5.41, 5.74) is 1.95. The SMILES string of the molecule is COc1cccc2c(C(=O)N3C[C@@H]4CCCN4C[C@@H]3CC(C)C)cn(CC3CCCCC3)c12. The number of piperazine rings is 1. The van der Waals surface area contributed by atoms with Crippen molar-refractivity contribution in [3.05, 3.63) is 30.0 Å². The zero-order chi connectivity index (χ0) is 22.9. The molecule has 5 heteroatoms. The van der Waals surface area contributed by atoms with Crippen molar-refractivity contribution in [2.45, 2.75) is 83.8 Å². The second kappa shape index (κ2) is 9.69. The highest BCUT2D eigenvalue weighted by Gasteiger charge is 2.39. The van der Waals surface area contributed by atoms with Crippen molar-refractivity contribution in [1.82, 2.24) is 14.4 Å². The molecule has 0 spiro atoms. The van der Waals surface area contributed by atoms with Crippen molar-refractivity contribution >= 4 is 16.8 Å². The maximum Gasteiger partial charge on any atom is 0.256 e. The molecule has 2 saturated heterocycles. The third-order valence-corrected chi connectivity index (χ3v) is 8.29. The first-order chi connectivity index (χ1) is 16.0. The van der Waals surface area contributed by atoms with Gasteiger partial charge in [0.15, 0.2) is 0 Å². The molecule has 5 rings (SSSR count). The molecule has 5 nitrogen and oxygen atoms in total. The smallest absolute Gasteiger partial charge is 0.256 e. The topological polar surface area (TPSA) is 37.7 Å². The molecular weight excluding hydrogens is 410 g/mol. The van der Waals surface area contributed by atoms with E-state index < -0.39 is 0 Å². The van der Waals surface area contributed by atoms with E-state index in [-0.39, 0.29) is 5.91 Å². The van der Waals surface area contributed by atoms with Crippen LogP contribution >= 0.6 is 0 Å². The lowest BCUT2D eigenvalue weighted by molar-refractivity contribution is 0.0306. The summed E-state index contributed by atoms with van der Waals surface area (Å²) in [5, 5.41) is 1.05. The first-order valence-electron chi connectivity index (χ1n) is 13.3. The van der Waals surface area contributed by atoms with Crippen molar-refractivity contribution in [1.29, 1.82) is 0 Å². The van der Waals surface area contributed by atoms with Gasteiger partial charge < -0.3 is 14.2 Å². The summed E-state index contributed by atoms with van der Waals surface area (Å²) in [6.07, 6.45) is 12.3. The predicted octanol–water partition coefficient (Wildman–Crippen LogP) is 5.57. The molecule has 1 saturated carbocycles. The number of aromatic nitrogens is 1. The number of rotatable bonds is 6. The number of methoxy groups -OCH3 is 1. The van der Waals surface area contributed by atoms with E-state index in [4.69, 9.17) is 4.74 Å². The Labute approximate surface area is 199 Å². The average Bonchev–Trinajstić information content (AvgIpc) is 3.42. The summed E-state index contributed by atoms with van der Waals surface area (Å²) in [4.78, 5) is 19.0. The lowest BCUT2D eigenvalue weighted by Gasteiger charge is -2.44. The van der Waals surface area contributed by atoms with E-state index in [0.717, 1.165) is 48.3 Å². The fraction of sp³-hybridized carbons (Fsp3) is 0.679. The molecule has 0 N–H and O–H groups in total. The molecule has 2 aliphatic heterocycles. The molecule has 0 bridgehead atoms. The van der Waals surface area contributed by atoms with Gasteiger partial charge >= 0.3 is 0 Å². The van der Waals surface area contributed by atoms with E-state index in [0.29, 0.717) is 23.9 Å². The number of benzene rings is 1. The van der Waals surface area contributed by atoms with Gasteiger partial charge in [-0.1, -0.05) is 45.2 Å². The summed E-state index contributed by atoms with van der Waals surface area (Å²) in [7, 11) is 1.74. The van der Waals surface area contributed by atoms with Gasteiger partial charge in [0.2, 0.25) is 0 Å². The van der Waals surface area contributed by atoms with Gasteiger partial charge in [0, 0.05) is 43.3 Å². The number of hydrogen-bond acceptors (Lipinski definition) is 3. The van der Waals surface area contributed by atoms with Gasteiger partial charge in [0.25, 0.3) is 5.91 Å². The van der Waals surface area contributed by atoms with Crippen LogP contribution in [0, 0.1) is 11.8 Å².